The summed E-state index contributed by atoms with van der Waals surface area (Å²) in [6.45, 7) is 2.78. The summed E-state index contributed by atoms with van der Waals surface area (Å²) in [6, 6.07) is 0. The number of aromatic nitrogens is 2. The van der Waals surface area contributed by atoms with Crippen LogP contribution in [0.2, 0.25) is 0 Å². The highest BCUT2D eigenvalue weighted by Gasteiger charge is 2.10. The molecule has 1 heterocycles. The lowest BCUT2D eigenvalue weighted by atomic mass is 10.3. The van der Waals surface area contributed by atoms with Gasteiger partial charge in [0.05, 0.1) is 0 Å². The molecule has 0 bridgehead atoms. The van der Waals surface area contributed by atoms with E-state index in [1.807, 2.05) is 0 Å². The molecule has 0 fully saturated rings. The number of hydrogen-bond donors (Lipinski definition) is 2. The Bertz CT molecular complexity index is 328. The number of thioether (sulfide) groups is 1. The van der Waals surface area contributed by atoms with E-state index in [4.69, 9.17) is 5.73 Å². The summed E-state index contributed by atoms with van der Waals surface area (Å²) in [4.78, 5) is 11.5. The van der Waals surface area contributed by atoms with E-state index in [1.54, 1.807) is 11.8 Å². The number of hydrogen-bond acceptors (Lipinski definition) is 6. The van der Waals surface area contributed by atoms with Crippen molar-refractivity contribution in [2.75, 3.05) is 18.5 Å². The molecular formula is C8H14N4OS2. The number of carbonyl (C=O) groups excluding carboxylic acids is 1. The lowest BCUT2D eigenvalue weighted by Crippen LogP contribution is -2.25. The van der Waals surface area contributed by atoms with Crippen molar-refractivity contribution in [1.82, 2.24) is 15.5 Å². The van der Waals surface area contributed by atoms with E-state index in [9.17, 15) is 4.79 Å². The SMILES string of the molecule is CSC(C)CCNC(=O)c1nnc(N)s1. The van der Waals surface area contributed by atoms with Gasteiger partial charge in [-0.15, -0.1) is 10.2 Å². The van der Waals surface area contributed by atoms with Crippen LogP contribution in [-0.2, 0) is 0 Å². The third kappa shape index (κ3) is 4.05. The molecule has 15 heavy (non-hydrogen) atoms. The fourth-order valence-corrected chi connectivity index (χ4v) is 1.79. The van der Waals surface area contributed by atoms with Crippen molar-refractivity contribution in [2.24, 2.45) is 0 Å². The average Bonchev–Trinajstić information content (AvgIpc) is 2.64. The van der Waals surface area contributed by atoms with E-state index >= 15 is 0 Å². The largest absolute Gasteiger partial charge is 0.374 e. The molecule has 0 aliphatic rings. The normalized spacial score (nSPS) is 12.4. The van der Waals surface area contributed by atoms with Crippen molar-refractivity contribution < 1.29 is 4.79 Å². The van der Waals surface area contributed by atoms with Crippen molar-refractivity contribution in [2.45, 2.75) is 18.6 Å². The van der Waals surface area contributed by atoms with Gasteiger partial charge in [0, 0.05) is 11.8 Å². The molecule has 1 aromatic rings. The first-order valence-electron chi connectivity index (χ1n) is 4.53. The van der Waals surface area contributed by atoms with E-state index in [2.05, 4.69) is 28.7 Å². The second kappa shape index (κ2) is 5.92. The highest BCUT2D eigenvalue weighted by atomic mass is 32.2. The first kappa shape index (κ1) is 12.3. The van der Waals surface area contributed by atoms with Crippen LogP contribution in [-0.4, -0.2) is 34.2 Å². The Balaban J connectivity index is 2.31. The Morgan fingerprint density at radius 2 is 2.40 bits per heavy atom. The maximum absolute atomic E-state index is 11.5. The lowest BCUT2D eigenvalue weighted by molar-refractivity contribution is 0.0952. The predicted molar refractivity (Wildman–Crippen MR) is 64.2 cm³/mol. The summed E-state index contributed by atoms with van der Waals surface area (Å²) < 4.78 is 0. The molecule has 7 heteroatoms. The molecule has 1 rings (SSSR count). The molecule has 0 aliphatic heterocycles. The fourth-order valence-electron chi connectivity index (χ4n) is 0.909. The molecule has 1 unspecified atom stereocenters. The van der Waals surface area contributed by atoms with Gasteiger partial charge in [-0.25, -0.2) is 0 Å². The Morgan fingerprint density at radius 1 is 1.67 bits per heavy atom. The van der Waals surface area contributed by atoms with Crippen LogP contribution in [0.5, 0.6) is 0 Å². The molecular weight excluding hydrogens is 232 g/mol. The summed E-state index contributed by atoms with van der Waals surface area (Å²) in [5.74, 6) is -0.197. The maximum Gasteiger partial charge on any atom is 0.282 e. The molecule has 0 saturated heterocycles. The van der Waals surface area contributed by atoms with E-state index < -0.39 is 0 Å². The van der Waals surface area contributed by atoms with Crippen molar-refractivity contribution >= 4 is 34.1 Å². The van der Waals surface area contributed by atoms with Crippen molar-refractivity contribution in [3.63, 3.8) is 0 Å². The highest BCUT2D eigenvalue weighted by molar-refractivity contribution is 7.99. The summed E-state index contributed by atoms with van der Waals surface area (Å²) in [5, 5.41) is 11.2. The van der Waals surface area contributed by atoms with Gasteiger partial charge >= 0.3 is 0 Å². The van der Waals surface area contributed by atoms with Gasteiger partial charge in [-0.05, 0) is 12.7 Å². The number of anilines is 1. The highest BCUT2D eigenvalue weighted by Crippen LogP contribution is 2.11. The van der Waals surface area contributed by atoms with Crippen molar-refractivity contribution in [3.05, 3.63) is 5.01 Å². The zero-order valence-corrected chi connectivity index (χ0v) is 10.3. The van der Waals surface area contributed by atoms with Crippen molar-refractivity contribution in [3.8, 4) is 0 Å². The zero-order valence-electron chi connectivity index (χ0n) is 8.69. The number of amides is 1. The predicted octanol–water partition coefficient (Wildman–Crippen LogP) is 0.992. The fraction of sp³-hybridized carbons (Fsp3) is 0.625. The van der Waals surface area contributed by atoms with Crippen LogP contribution in [0.3, 0.4) is 0 Å². The smallest absolute Gasteiger partial charge is 0.282 e. The maximum atomic E-state index is 11.5. The Hall–Kier alpha value is -0.820. The second-order valence-corrected chi connectivity index (χ2v) is 5.32. The molecule has 0 spiro atoms. The molecule has 1 atom stereocenters. The minimum absolute atomic E-state index is 0.197. The molecule has 0 radical (unpaired) electrons. The van der Waals surface area contributed by atoms with Gasteiger partial charge in [0.2, 0.25) is 10.1 Å². The Labute approximate surface area is 96.8 Å². The van der Waals surface area contributed by atoms with E-state index in [-0.39, 0.29) is 5.91 Å². The van der Waals surface area contributed by atoms with Crippen LogP contribution < -0.4 is 11.1 Å². The van der Waals surface area contributed by atoms with Crippen LogP contribution in [0.4, 0.5) is 5.13 Å². The van der Waals surface area contributed by atoms with Crippen LogP contribution >= 0.6 is 23.1 Å². The Morgan fingerprint density at radius 3 is 2.93 bits per heavy atom. The van der Waals surface area contributed by atoms with E-state index in [0.29, 0.717) is 21.9 Å². The minimum Gasteiger partial charge on any atom is -0.374 e. The number of nitrogen functional groups attached to an aromatic ring is 1. The third-order valence-electron chi connectivity index (χ3n) is 1.87. The average molecular weight is 246 g/mol. The quantitative estimate of drug-likeness (QED) is 0.810. The van der Waals surface area contributed by atoms with Gasteiger partial charge in [-0.3, -0.25) is 4.79 Å². The molecule has 1 aromatic heterocycles. The minimum atomic E-state index is -0.197. The summed E-state index contributed by atoms with van der Waals surface area (Å²) in [5.41, 5.74) is 5.38. The van der Waals surface area contributed by atoms with E-state index in [1.165, 1.54) is 0 Å². The number of carbonyl (C=O) groups is 1. The van der Waals surface area contributed by atoms with Crippen LogP contribution in [0.1, 0.15) is 23.1 Å². The number of rotatable bonds is 5. The van der Waals surface area contributed by atoms with E-state index in [0.717, 1.165) is 17.8 Å². The lowest BCUT2D eigenvalue weighted by Gasteiger charge is -2.07. The first-order chi connectivity index (χ1) is 7.13. The first-order valence-corrected chi connectivity index (χ1v) is 6.64. The summed E-state index contributed by atoms with van der Waals surface area (Å²) >= 11 is 2.88. The monoisotopic (exact) mass is 246 g/mol. The van der Waals surface area contributed by atoms with Gasteiger partial charge in [-0.2, -0.15) is 11.8 Å². The molecule has 1 amide bonds. The number of nitrogens with zero attached hydrogens (tertiary/aromatic N) is 2. The molecule has 3 N–H and O–H groups in total. The molecule has 0 saturated carbocycles. The summed E-state index contributed by atoms with van der Waals surface area (Å²) in [7, 11) is 0. The van der Waals surface area contributed by atoms with Gasteiger partial charge in [0.1, 0.15) is 0 Å². The van der Waals surface area contributed by atoms with Crippen LogP contribution in [0.15, 0.2) is 0 Å². The third-order valence-corrected chi connectivity index (χ3v) is 3.67. The van der Waals surface area contributed by atoms with Gasteiger partial charge < -0.3 is 11.1 Å². The van der Waals surface area contributed by atoms with Crippen LogP contribution in [0.25, 0.3) is 0 Å². The topological polar surface area (TPSA) is 80.9 Å². The number of nitrogens with two attached hydrogens (primary N) is 1. The Kier molecular flexibility index (Phi) is 4.83. The molecule has 0 aromatic carbocycles. The molecule has 0 aliphatic carbocycles. The second-order valence-electron chi connectivity index (χ2n) is 3.04. The van der Waals surface area contributed by atoms with Gasteiger partial charge in [0.25, 0.3) is 5.91 Å². The number of nitrogens with one attached hydrogen (secondary N) is 1. The van der Waals surface area contributed by atoms with Gasteiger partial charge in [-0.1, -0.05) is 18.3 Å². The van der Waals surface area contributed by atoms with Gasteiger partial charge in [0.15, 0.2) is 0 Å². The molecule has 5 nitrogen and oxygen atoms in total. The van der Waals surface area contributed by atoms with Crippen molar-refractivity contribution in [1.29, 1.82) is 0 Å². The zero-order chi connectivity index (χ0) is 11.3. The molecule has 84 valence electrons. The van der Waals surface area contributed by atoms with Crippen LogP contribution in [0, 0.1) is 0 Å². The standard InChI is InChI=1S/C8H14N4OS2/c1-5(14-2)3-4-10-6(13)7-11-12-8(9)15-7/h5H,3-4H2,1-2H3,(H2,9,12)(H,10,13). The summed E-state index contributed by atoms with van der Waals surface area (Å²) in [6.07, 6.45) is 3.00.